The van der Waals surface area contributed by atoms with Crippen molar-refractivity contribution in [2.45, 2.75) is 51.1 Å². The second kappa shape index (κ2) is 9.63. The van der Waals surface area contributed by atoms with Gasteiger partial charge in [-0.3, -0.25) is 4.79 Å². The standard InChI is InChI=1S/C25H35N5O2/c1-19-3-2-4-23(17-19)29-12-6-21(7-13-29)28-14-8-22(9-15-28)30-24(5-11-26-30)27-25(31)20-10-16-32-18-20/h2-5,11,17,20-22H,6-10,12-16,18H2,1H3,(H,27,31). The van der Waals surface area contributed by atoms with Crippen molar-refractivity contribution in [2.24, 2.45) is 5.92 Å². The number of hydrogen-bond acceptors (Lipinski definition) is 5. The van der Waals surface area contributed by atoms with Crippen molar-refractivity contribution in [1.29, 1.82) is 0 Å². The number of carbonyl (C=O) groups excluding carboxylic acids is 1. The van der Waals surface area contributed by atoms with Gasteiger partial charge in [0, 0.05) is 50.6 Å². The molecule has 172 valence electrons. The third kappa shape index (κ3) is 4.69. The second-order valence-electron chi connectivity index (χ2n) is 9.54. The normalized spacial score (nSPS) is 23.5. The first-order chi connectivity index (χ1) is 15.7. The van der Waals surface area contributed by atoms with Crippen LogP contribution in [-0.2, 0) is 9.53 Å². The van der Waals surface area contributed by atoms with Gasteiger partial charge in [0.15, 0.2) is 0 Å². The van der Waals surface area contributed by atoms with Crippen molar-refractivity contribution in [1.82, 2.24) is 14.7 Å². The highest BCUT2D eigenvalue weighted by Crippen LogP contribution is 2.30. The van der Waals surface area contributed by atoms with E-state index in [2.05, 4.69) is 51.4 Å². The van der Waals surface area contributed by atoms with Gasteiger partial charge >= 0.3 is 0 Å². The van der Waals surface area contributed by atoms with Gasteiger partial charge in [-0.1, -0.05) is 12.1 Å². The summed E-state index contributed by atoms with van der Waals surface area (Å²) in [5, 5.41) is 7.64. The van der Waals surface area contributed by atoms with Crippen molar-refractivity contribution in [2.75, 3.05) is 49.6 Å². The summed E-state index contributed by atoms with van der Waals surface area (Å²) in [6, 6.07) is 11.8. The summed E-state index contributed by atoms with van der Waals surface area (Å²) in [6.07, 6.45) is 7.22. The van der Waals surface area contributed by atoms with Crippen molar-refractivity contribution < 1.29 is 9.53 Å². The summed E-state index contributed by atoms with van der Waals surface area (Å²) >= 11 is 0. The Hall–Kier alpha value is -2.38. The van der Waals surface area contributed by atoms with Crippen molar-refractivity contribution in [3.8, 4) is 0 Å². The number of benzene rings is 1. The van der Waals surface area contributed by atoms with Crippen LogP contribution in [0.2, 0.25) is 0 Å². The molecular formula is C25H35N5O2. The van der Waals surface area contributed by atoms with E-state index < -0.39 is 0 Å². The predicted octanol–water partition coefficient (Wildman–Crippen LogP) is 3.47. The molecule has 7 heteroatoms. The minimum Gasteiger partial charge on any atom is -0.381 e. The van der Waals surface area contributed by atoms with Crippen LogP contribution >= 0.6 is 0 Å². The fourth-order valence-electron chi connectivity index (χ4n) is 5.48. The third-order valence-electron chi connectivity index (χ3n) is 7.41. The first kappa shape index (κ1) is 21.5. The molecule has 1 amide bonds. The predicted molar refractivity (Wildman–Crippen MR) is 126 cm³/mol. The zero-order valence-electron chi connectivity index (χ0n) is 19.1. The minimum absolute atomic E-state index is 0.0362. The first-order valence-corrected chi connectivity index (χ1v) is 12.1. The lowest BCUT2D eigenvalue weighted by Gasteiger charge is -2.42. The molecule has 2 aromatic rings. The molecule has 32 heavy (non-hydrogen) atoms. The fourth-order valence-corrected chi connectivity index (χ4v) is 5.48. The molecule has 1 unspecified atom stereocenters. The molecule has 0 saturated carbocycles. The minimum atomic E-state index is -0.0362. The SMILES string of the molecule is Cc1cccc(N2CCC(N3CCC(n4nccc4NC(=O)C4CCOC4)CC3)CC2)c1. The summed E-state index contributed by atoms with van der Waals surface area (Å²) in [4.78, 5) is 17.7. The van der Waals surface area contributed by atoms with E-state index in [9.17, 15) is 4.79 Å². The third-order valence-corrected chi connectivity index (χ3v) is 7.41. The van der Waals surface area contributed by atoms with E-state index in [4.69, 9.17) is 4.74 Å². The van der Waals surface area contributed by atoms with Crippen LogP contribution in [0.5, 0.6) is 0 Å². The van der Waals surface area contributed by atoms with Gasteiger partial charge in [0.25, 0.3) is 0 Å². The van der Waals surface area contributed by atoms with Crippen LogP contribution in [0.25, 0.3) is 0 Å². The van der Waals surface area contributed by atoms with Crippen molar-refractivity contribution in [3.05, 3.63) is 42.1 Å². The van der Waals surface area contributed by atoms with Gasteiger partial charge in [0.05, 0.1) is 24.8 Å². The van der Waals surface area contributed by atoms with Gasteiger partial charge in [-0.15, -0.1) is 0 Å². The fraction of sp³-hybridized carbons (Fsp3) is 0.600. The number of piperidine rings is 2. The Labute approximate surface area is 190 Å². The van der Waals surface area contributed by atoms with Crippen molar-refractivity contribution >= 4 is 17.4 Å². The summed E-state index contributed by atoms with van der Waals surface area (Å²) in [6.45, 7) is 7.84. The van der Waals surface area contributed by atoms with Crippen LogP contribution in [0, 0.1) is 12.8 Å². The largest absolute Gasteiger partial charge is 0.381 e. The molecule has 3 aliphatic heterocycles. The molecule has 1 aromatic heterocycles. The van der Waals surface area contributed by atoms with E-state index in [0.717, 1.165) is 51.3 Å². The molecule has 7 nitrogen and oxygen atoms in total. The number of amides is 1. The summed E-state index contributed by atoms with van der Waals surface area (Å²) < 4.78 is 7.39. The summed E-state index contributed by atoms with van der Waals surface area (Å²) in [5.41, 5.74) is 2.69. The summed E-state index contributed by atoms with van der Waals surface area (Å²) in [5.74, 6) is 0.847. The number of rotatable bonds is 5. The van der Waals surface area contributed by atoms with Crippen LogP contribution in [0.4, 0.5) is 11.5 Å². The van der Waals surface area contributed by atoms with Crippen LogP contribution in [-0.4, -0.2) is 66.0 Å². The molecule has 0 aliphatic carbocycles. The average Bonchev–Trinajstić information content (AvgIpc) is 3.52. The van der Waals surface area contributed by atoms with E-state index in [-0.39, 0.29) is 11.8 Å². The molecule has 1 N–H and O–H groups in total. The summed E-state index contributed by atoms with van der Waals surface area (Å²) in [7, 11) is 0. The van der Waals surface area contributed by atoms with E-state index in [0.29, 0.717) is 25.3 Å². The Balaban J connectivity index is 1.12. The molecule has 5 rings (SSSR count). The van der Waals surface area contributed by atoms with E-state index in [1.807, 2.05) is 10.7 Å². The number of ether oxygens (including phenoxy) is 1. The zero-order valence-corrected chi connectivity index (χ0v) is 19.1. The highest BCUT2D eigenvalue weighted by atomic mass is 16.5. The number of anilines is 2. The molecule has 0 spiro atoms. The lowest BCUT2D eigenvalue weighted by Crippen LogP contribution is -2.48. The van der Waals surface area contributed by atoms with Crippen LogP contribution in [0.3, 0.4) is 0 Å². The highest BCUT2D eigenvalue weighted by molar-refractivity contribution is 5.92. The van der Waals surface area contributed by atoms with E-state index in [1.54, 1.807) is 6.20 Å². The molecule has 0 radical (unpaired) electrons. The number of aromatic nitrogens is 2. The molecule has 3 saturated heterocycles. The molecule has 0 bridgehead atoms. The molecule has 4 heterocycles. The van der Waals surface area contributed by atoms with Crippen molar-refractivity contribution in [3.63, 3.8) is 0 Å². The Morgan fingerprint density at radius 3 is 2.53 bits per heavy atom. The molecule has 1 atom stereocenters. The number of nitrogens with zero attached hydrogens (tertiary/aromatic N) is 4. The zero-order chi connectivity index (χ0) is 21.9. The van der Waals surface area contributed by atoms with Crippen LogP contribution in [0.15, 0.2) is 36.5 Å². The maximum Gasteiger partial charge on any atom is 0.231 e. The quantitative estimate of drug-likeness (QED) is 0.776. The monoisotopic (exact) mass is 437 g/mol. The number of likely N-dealkylation sites (tertiary alicyclic amines) is 1. The number of nitrogens with one attached hydrogen (secondary N) is 1. The Bertz CT molecular complexity index is 907. The maximum atomic E-state index is 12.5. The number of carbonyl (C=O) groups is 1. The molecule has 3 fully saturated rings. The van der Waals surface area contributed by atoms with Gasteiger partial charge in [-0.05, 0) is 56.7 Å². The van der Waals surface area contributed by atoms with Gasteiger partial charge in [0.1, 0.15) is 5.82 Å². The highest BCUT2D eigenvalue weighted by Gasteiger charge is 2.30. The molecule has 1 aromatic carbocycles. The second-order valence-corrected chi connectivity index (χ2v) is 9.54. The number of aryl methyl sites for hydroxylation is 1. The maximum absolute atomic E-state index is 12.5. The van der Waals surface area contributed by atoms with Gasteiger partial charge in [-0.2, -0.15) is 5.10 Å². The van der Waals surface area contributed by atoms with E-state index >= 15 is 0 Å². The Morgan fingerprint density at radius 2 is 1.81 bits per heavy atom. The average molecular weight is 438 g/mol. The Kier molecular flexibility index (Phi) is 6.46. The van der Waals surface area contributed by atoms with E-state index in [1.165, 1.54) is 24.1 Å². The smallest absolute Gasteiger partial charge is 0.231 e. The Morgan fingerprint density at radius 1 is 1.03 bits per heavy atom. The first-order valence-electron chi connectivity index (χ1n) is 12.1. The molecule has 3 aliphatic rings. The molecular weight excluding hydrogens is 402 g/mol. The number of hydrogen-bond donors (Lipinski definition) is 1. The van der Waals surface area contributed by atoms with Gasteiger partial charge in [-0.25, -0.2) is 4.68 Å². The lowest BCUT2D eigenvalue weighted by atomic mass is 9.97. The topological polar surface area (TPSA) is 62.6 Å². The van der Waals surface area contributed by atoms with Gasteiger partial charge in [0.2, 0.25) is 5.91 Å². The lowest BCUT2D eigenvalue weighted by molar-refractivity contribution is -0.119. The van der Waals surface area contributed by atoms with Gasteiger partial charge < -0.3 is 19.9 Å². The van der Waals surface area contributed by atoms with Crippen LogP contribution < -0.4 is 10.2 Å². The van der Waals surface area contributed by atoms with Crippen LogP contribution in [0.1, 0.15) is 43.7 Å².